The van der Waals surface area contributed by atoms with Crippen molar-refractivity contribution in [1.82, 2.24) is 0 Å². The van der Waals surface area contributed by atoms with Crippen LogP contribution >= 0.6 is 0 Å². The predicted octanol–water partition coefficient (Wildman–Crippen LogP) is -1.92. The molecular formula is C48H78O20. The highest BCUT2D eigenvalue weighted by Crippen LogP contribution is 2.76. The van der Waals surface area contributed by atoms with Crippen LogP contribution in [-0.2, 0) is 33.2 Å². The zero-order valence-corrected chi connectivity index (χ0v) is 40.2. The Labute approximate surface area is 396 Å². The van der Waals surface area contributed by atoms with Crippen molar-refractivity contribution in [3.05, 3.63) is 11.6 Å². The summed E-state index contributed by atoms with van der Waals surface area (Å²) in [6.45, 7) is 12.1. The number of allylic oxidation sites excluding steroid dienone is 2. The minimum absolute atomic E-state index is 0.0494. The van der Waals surface area contributed by atoms with Crippen LogP contribution in [0, 0.1) is 50.2 Å². The Balaban J connectivity index is 0.991. The van der Waals surface area contributed by atoms with Crippen LogP contribution in [0.1, 0.15) is 99.8 Å². The maximum Gasteiger partial charge on any atom is 0.315 e. The summed E-state index contributed by atoms with van der Waals surface area (Å²) >= 11 is 0. The molecule has 4 saturated carbocycles. The molecule has 20 nitrogen and oxygen atoms in total. The van der Waals surface area contributed by atoms with Gasteiger partial charge in [0.15, 0.2) is 12.6 Å². The molecule has 0 aromatic heterocycles. The zero-order valence-electron chi connectivity index (χ0n) is 40.2. The fraction of sp³-hybridized carbons (Fsp3) is 0.938. The summed E-state index contributed by atoms with van der Waals surface area (Å²) in [5.74, 6) is -1.51. The molecule has 3 heterocycles. The van der Waals surface area contributed by atoms with Crippen LogP contribution in [-0.4, -0.2) is 203 Å². The third-order valence-electron chi connectivity index (χ3n) is 19.3. The van der Waals surface area contributed by atoms with E-state index in [0.717, 1.165) is 5.57 Å². The van der Waals surface area contributed by atoms with E-state index in [4.69, 9.17) is 28.4 Å². The van der Waals surface area contributed by atoms with Gasteiger partial charge in [-0.1, -0.05) is 53.2 Å². The molecule has 17 unspecified atom stereocenters. The Morgan fingerprint density at radius 3 is 1.96 bits per heavy atom. The van der Waals surface area contributed by atoms with Crippen LogP contribution in [0.25, 0.3) is 0 Å². The standard InChI is InChI=1S/C48H78O20/c1-20-28(53)30(55)33(58)40(64-20)67-36-25(17-49)65-39(35(60)32(36)57)63-18-26-29(54)31(56)34(59)41(66-26)68-42(62)48-12-10-43(2,3)14-22(48)21-8-9-27-44(4)15-24(52)38(61)45(5,19-50)37(44)23(51)16-47(27,7)46(21,6)11-13-48/h8,20,22-41,49-61H,9-19H2,1-7H3/t20?,22-,23+,24?,25?,26?,27+,28?,29?,30?,31?,32?,33?,34?,35?,36?,37+,38?,39?,40?,41?,44+,45-,46+,47+,48-/m0/s1. The zero-order chi connectivity index (χ0) is 50.0. The molecule has 5 aliphatic carbocycles. The van der Waals surface area contributed by atoms with Crippen LogP contribution in [0.3, 0.4) is 0 Å². The van der Waals surface area contributed by atoms with Gasteiger partial charge in [-0.05, 0) is 91.8 Å². The summed E-state index contributed by atoms with van der Waals surface area (Å²) in [5.41, 5.74) is -3.01. The number of fused-ring (bicyclic) bond motifs is 7. The molecule has 13 N–H and O–H groups in total. The number of carbonyl (C=O) groups is 1. The minimum Gasteiger partial charge on any atom is -0.432 e. The Hall–Kier alpha value is -1.51. The van der Waals surface area contributed by atoms with Gasteiger partial charge in [0.25, 0.3) is 0 Å². The Morgan fingerprint density at radius 1 is 0.676 bits per heavy atom. The van der Waals surface area contributed by atoms with Crippen molar-refractivity contribution in [1.29, 1.82) is 0 Å². The molecule has 3 saturated heterocycles. The summed E-state index contributed by atoms with van der Waals surface area (Å²) in [4.78, 5) is 15.0. The second-order valence-corrected chi connectivity index (χ2v) is 23.7. The number of hydrogen-bond acceptors (Lipinski definition) is 20. The van der Waals surface area contributed by atoms with E-state index in [1.165, 1.54) is 6.92 Å². The fourth-order valence-corrected chi connectivity index (χ4v) is 15.1. The second kappa shape index (κ2) is 18.5. The molecule has 7 fully saturated rings. The smallest absolute Gasteiger partial charge is 0.315 e. The number of aliphatic hydroxyl groups excluding tert-OH is 13. The van der Waals surface area contributed by atoms with E-state index in [2.05, 4.69) is 40.7 Å². The fourth-order valence-electron chi connectivity index (χ4n) is 15.1. The van der Waals surface area contributed by atoms with Gasteiger partial charge in [-0.2, -0.15) is 0 Å². The number of hydrogen-bond donors (Lipinski definition) is 13. The molecule has 8 aliphatic rings. The van der Waals surface area contributed by atoms with Crippen LogP contribution in [0.2, 0.25) is 0 Å². The summed E-state index contributed by atoms with van der Waals surface area (Å²) in [7, 11) is 0. The highest BCUT2D eigenvalue weighted by atomic mass is 16.8. The van der Waals surface area contributed by atoms with E-state index in [1.807, 2.05) is 0 Å². The van der Waals surface area contributed by atoms with Crippen LogP contribution < -0.4 is 0 Å². The van der Waals surface area contributed by atoms with E-state index in [1.54, 1.807) is 6.92 Å². The average molecular weight is 975 g/mol. The third kappa shape index (κ3) is 8.07. The van der Waals surface area contributed by atoms with Crippen molar-refractivity contribution < 1.29 is 99.6 Å². The normalized spacial score (nSPS) is 55.7. The van der Waals surface area contributed by atoms with Gasteiger partial charge in [0.2, 0.25) is 6.29 Å². The molecule has 20 heteroatoms. The SMILES string of the molecule is CC1OC(OC2C(CO)OC(OCC3OC(OC(=O)[C@]45CCC(C)(C)C[C@H]4C4=CC[C@@H]6[C@@]7(C)CC(O)C(O)[C@@](C)(CO)[C@@H]7[C@H](O)C[C@@]6(C)[C@]4(C)CC5)C(O)C(O)C3O)C(O)C2O)C(O)C(O)C1O. The Kier molecular flexibility index (Phi) is 14.3. The molecule has 8 rings (SSSR count). The quantitative estimate of drug-likeness (QED) is 0.0885. The van der Waals surface area contributed by atoms with Gasteiger partial charge >= 0.3 is 5.97 Å². The van der Waals surface area contributed by atoms with Crippen molar-refractivity contribution in [3.63, 3.8) is 0 Å². The van der Waals surface area contributed by atoms with Gasteiger partial charge in [-0.25, -0.2) is 0 Å². The van der Waals surface area contributed by atoms with E-state index in [9.17, 15) is 71.2 Å². The Morgan fingerprint density at radius 2 is 1.29 bits per heavy atom. The molecule has 0 spiro atoms. The van der Waals surface area contributed by atoms with E-state index < -0.39 is 169 Å². The van der Waals surface area contributed by atoms with Crippen molar-refractivity contribution in [2.75, 3.05) is 19.8 Å². The summed E-state index contributed by atoms with van der Waals surface area (Å²) < 4.78 is 34.6. The van der Waals surface area contributed by atoms with Crippen LogP contribution in [0.5, 0.6) is 0 Å². The number of ether oxygens (including phenoxy) is 6. The van der Waals surface area contributed by atoms with Gasteiger partial charge in [0.05, 0.1) is 49.7 Å². The molecule has 0 aromatic carbocycles. The summed E-state index contributed by atoms with van der Waals surface area (Å²) in [6.07, 6.45) is -21.7. The van der Waals surface area contributed by atoms with Crippen LogP contribution in [0.15, 0.2) is 11.6 Å². The van der Waals surface area contributed by atoms with E-state index >= 15 is 0 Å². The molecule has 26 atom stereocenters. The lowest BCUT2D eigenvalue weighted by Crippen LogP contribution is -2.71. The highest BCUT2D eigenvalue weighted by molar-refractivity contribution is 5.79. The molecule has 390 valence electrons. The summed E-state index contributed by atoms with van der Waals surface area (Å²) in [6, 6.07) is 0. The first kappa shape index (κ1) is 52.8. The van der Waals surface area contributed by atoms with E-state index in [0.29, 0.717) is 44.9 Å². The molecule has 0 amide bonds. The lowest BCUT2D eigenvalue weighted by atomic mass is 9.33. The lowest BCUT2D eigenvalue weighted by molar-refractivity contribution is -0.361. The molecule has 0 bridgehead atoms. The molecule has 3 aliphatic heterocycles. The number of esters is 1. The number of rotatable bonds is 9. The molecule has 0 aromatic rings. The van der Waals surface area contributed by atoms with E-state index in [-0.39, 0.29) is 23.7 Å². The van der Waals surface area contributed by atoms with Crippen molar-refractivity contribution in [2.24, 2.45) is 50.2 Å². The molecule has 0 radical (unpaired) electrons. The van der Waals surface area contributed by atoms with Crippen molar-refractivity contribution >= 4 is 5.97 Å². The minimum atomic E-state index is -1.89. The highest BCUT2D eigenvalue weighted by Gasteiger charge is 2.73. The first-order chi connectivity index (χ1) is 31.7. The van der Waals surface area contributed by atoms with Crippen molar-refractivity contribution in [2.45, 2.75) is 210 Å². The molecule has 68 heavy (non-hydrogen) atoms. The third-order valence-corrected chi connectivity index (χ3v) is 19.3. The van der Waals surface area contributed by atoms with Gasteiger partial charge in [0, 0.05) is 11.3 Å². The number of carbonyl (C=O) groups excluding carboxylic acids is 1. The second-order valence-electron chi connectivity index (χ2n) is 23.7. The monoisotopic (exact) mass is 975 g/mol. The Bertz CT molecular complexity index is 1870. The van der Waals surface area contributed by atoms with Gasteiger partial charge < -0.3 is 94.8 Å². The topological polar surface area (TPSA) is 335 Å². The largest absolute Gasteiger partial charge is 0.432 e. The van der Waals surface area contributed by atoms with Crippen LogP contribution in [0.4, 0.5) is 0 Å². The number of aliphatic hydroxyl groups is 13. The maximum atomic E-state index is 15.0. The summed E-state index contributed by atoms with van der Waals surface area (Å²) in [5, 5.41) is 142. The maximum absolute atomic E-state index is 15.0. The lowest BCUT2D eigenvalue weighted by Gasteiger charge is -2.72. The van der Waals surface area contributed by atoms with Gasteiger partial charge in [0.1, 0.15) is 67.1 Å². The first-order valence-electron chi connectivity index (χ1n) is 24.5. The average Bonchev–Trinajstić information content (AvgIpc) is 3.28. The van der Waals surface area contributed by atoms with Crippen molar-refractivity contribution in [3.8, 4) is 0 Å². The molecular weight excluding hydrogens is 897 g/mol. The van der Waals surface area contributed by atoms with Gasteiger partial charge in [-0.15, -0.1) is 0 Å². The predicted molar refractivity (Wildman–Crippen MR) is 233 cm³/mol. The first-order valence-corrected chi connectivity index (χ1v) is 24.5. The van der Waals surface area contributed by atoms with Gasteiger partial charge in [-0.3, -0.25) is 4.79 Å².